The van der Waals surface area contributed by atoms with Crippen LogP contribution in [0.3, 0.4) is 0 Å². The van der Waals surface area contributed by atoms with Crippen LogP contribution in [0.2, 0.25) is 0 Å². The minimum Gasteiger partial charge on any atom is -0.497 e. The van der Waals surface area contributed by atoms with Gasteiger partial charge in [0.2, 0.25) is 0 Å². The molecule has 0 saturated heterocycles. The molecule has 1 aliphatic rings. The molecule has 0 unspecified atom stereocenters. The Morgan fingerprint density at radius 1 is 1.28 bits per heavy atom. The zero-order valence-corrected chi connectivity index (χ0v) is 10.4. The summed E-state index contributed by atoms with van der Waals surface area (Å²) in [7, 11) is 1.57. The van der Waals surface area contributed by atoms with Crippen molar-refractivity contribution in [1.82, 2.24) is 0 Å². The molecular weight excluding hydrogens is 232 g/mol. The molecular formula is C14H14O4. The second kappa shape index (κ2) is 5.04. The number of ketones is 1. The molecule has 0 bridgehead atoms. The minimum absolute atomic E-state index is 0.119. The van der Waals surface area contributed by atoms with Crippen LogP contribution in [0, 0.1) is 0 Å². The zero-order valence-electron chi connectivity index (χ0n) is 10.4. The predicted octanol–water partition coefficient (Wildman–Crippen LogP) is 2.14. The van der Waals surface area contributed by atoms with Gasteiger partial charge in [0, 0.05) is 23.1 Å². The highest BCUT2D eigenvalue weighted by Crippen LogP contribution is 2.22. The fourth-order valence-corrected chi connectivity index (χ4v) is 1.87. The first-order valence-electron chi connectivity index (χ1n) is 5.69. The Labute approximate surface area is 105 Å². The number of esters is 1. The minimum atomic E-state index is -0.405. The highest BCUT2D eigenvalue weighted by molar-refractivity contribution is 6.13. The average molecular weight is 246 g/mol. The van der Waals surface area contributed by atoms with E-state index in [-0.39, 0.29) is 12.4 Å². The SMILES string of the molecule is COc1ccc(C(=O)C2=C(C)C(=O)OCC2)cc1. The van der Waals surface area contributed by atoms with Gasteiger partial charge in [0.05, 0.1) is 13.7 Å². The van der Waals surface area contributed by atoms with Crippen LogP contribution in [0.5, 0.6) is 5.75 Å². The van der Waals surface area contributed by atoms with Crippen LogP contribution in [0.4, 0.5) is 0 Å². The van der Waals surface area contributed by atoms with Crippen molar-refractivity contribution in [2.45, 2.75) is 13.3 Å². The summed E-state index contributed by atoms with van der Waals surface area (Å²) in [5.74, 6) is 0.172. The molecule has 1 aromatic rings. The molecule has 4 nitrogen and oxygen atoms in total. The van der Waals surface area contributed by atoms with E-state index in [1.807, 2.05) is 0 Å². The predicted molar refractivity (Wildman–Crippen MR) is 65.6 cm³/mol. The maximum atomic E-state index is 12.2. The lowest BCUT2D eigenvalue weighted by Crippen LogP contribution is -2.20. The van der Waals surface area contributed by atoms with Crippen LogP contribution >= 0.6 is 0 Å². The quantitative estimate of drug-likeness (QED) is 0.605. The van der Waals surface area contributed by atoms with E-state index in [2.05, 4.69) is 0 Å². The van der Waals surface area contributed by atoms with Crippen molar-refractivity contribution >= 4 is 11.8 Å². The molecule has 0 aromatic heterocycles. The average Bonchev–Trinajstić information content (AvgIpc) is 2.41. The first-order chi connectivity index (χ1) is 8.63. The number of hydrogen-bond donors (Lipinski definition) is 0. The summed E-state index contributed by atoms with van der Waals surface area (Å²) >= 11 is 0. The Balaban J connectivity index is 2.30. The van der Waals surface area contributed by atoms with Crippen molar-refractivity contribution < 1.29 is 19.1 Å². The van der Waals surface area contributed by atoms with Crippen LogP contribution in [0.1, 0.15) is 23.7 Å². The maximum absolute atomic E-state index is 12.2. The Morgan fingerprint density at radius 2 is 1.94 bits per heavy atom. The molecule has 94 valence electrons. The lowest BCUT2D eigenvalue weighted by atomic mass is 9.95. The van der Waals surface area contributed by atoms with Gasteiger partial charge in [-0.2, -0.15) is 0 Å². The van der Waals surface area contributed by atoms with Gasteiger partial charge >= 0.3 is 5.97 Å². The molecule has 1 aliphatic heterocycles. The molecule has 1 aromatic carbocycles. The number of ether oxygens (including phenoxy) is 2. The van der Waals surface area contributed by atoms with Gasteiger partial charge in [-0.3, -0.25) is 4.79 Å². The number of methoxy groups -OCH3 is 1. The van der Waals surface area contributed by atoms with Crippen molar-refractivity contribution in [3.8, 4) is 5.75 Å². The molecule has 4 heteroatoms. The van der Waals surface area contributed by atoms with E-state index in [0.29, 0.717) is 28.9 Å². The monoisotopic (exact) mass is 246 g/mol. The number of Topliss-reactive ketones (excluding diaryl/α,β-unsaturated/α-hetero) is 1. The fraction of sp³-hybridized carbons (Fsp3) is 0.286. The molecule has 2 rings (SSSR count). The zero-order chi connectivity index (χ0) is 13.1. The first kappa shape index (κ1) is 12.4. The number of rotatable bonds is 3. The largest absolute Gasteiger partial charge is 0.497 e. The van der Waals surface area contributed by atoms with Crippen molar-refractivity contribution in [2.75, 3.05) is 13.7 Å². The number of hydrogen-bond acceptors (Lipinski definition) is 4. The maximum Gasteiger partial charge on any atom is 0.334 e. The van der Waals surface area contributed by atoms with Crippen LogP contribution < -0.4 is 4.74 Å². The first-order valence-corrected chi connectivity index (χ1v) is 5.69. The van der Waals surface area contributed by atoms with Gasteiger partial charge in [-0.25, -0.2) is 4.79 Å². The van der Waals surface area contributed by atoms with Gasteiger partial charge < -0.3 is 9.47 Å². The topological polar surface area (TPSA) is 52.6 Å². The summed E-state index contributed by atoms with van der Waals surface area (Å²) < 4.78 is 9.91. The third-order valence-corrected chi connectivity index (χ3v) is 2.97. The summed E-state index contributed by atoms with van der Waals surface area (Å²) in [6.07, 6.45) is 0.475. The van der Waals surface area contributed by atoms with Gasteiger partial charge in [-0.05, 0) is 31.2 Å². The summed E-state index contributed by atoms with van der Waals surface area (Å²) in [5.41, 5.74) is 1.50. The van der Waals surface area contributed by atoms with Crippen LogP contribution in [0.15, 0.2) is 35.4 Å². The fourth-order valence-electron chi connectivity index (χ4n) is 1.87. The molecule has 1 heterocycles. The van der Waals surface area contributed by atoms with Crippen molar-refractivity contribution in [1.29, 1.82) is 0 Å². The normalized spacial score (nSPS) is 15.3. The van der Waals surface area contributed by atoms with E-state index in [4.69, 9.17) is 9.47 Å². The lowest BCUT2D eigenvalue weighted by Gasteiger charge is -2.16. The van der Waals surface area contributed by atoms with Gasteiger partial charge in [0.25, 0.3) is 0 Å². The van der Waals surface area contributed by atoms with Gasteiger partial charge in [-0.15, -0.1) is 0 Å². The van der Waals surface area contributed by atoms with Crippen molar-refractivity contribution in [2.24, 2.45) is 0 Å². The number of carbonyl (C=O) groups excluding carboxylic acids is 2. The standard InChI is InChI=1S/C14H14O4/c1-9-12(7-8-18-14(9)16)13(15)10-3-5-11(17-2)6-4-10/h3-6H,7-8H2,1-2H3. The highest BCUT2D eigenvalue weighted by atomic mass is 16.5. The molecule has 0 N–H and O–H groups in total. The van der Waals surface area contributed by atoms with Gasteiger partial charge in [-0.1, -0.05) is 0 Å². The molecule has 0 atom stereocenters. The Kier molecular flexibility index (Phi) is 3.46. The highest BCUT2D eigenvalue weighted by Gasteiger charge is 2.23. The Hall–Kier alpha value is -2.10. The molecule has 0 saturated carbocycles. The molecule has 0 radical (unpaired) electrons. The van der Waals surface area contributed by atoms with Crippen molar-refractivity contribution in [3.63, 3.8) is 0 Å². The Morgan fingerprint density at radius 3 is 2.56 bits per heavy atom. The smallest absolute Gasteiger partial charge is 0.334 e. The summed E-state index contributed by atoms with van der Waals surface area (Å²) in [5, 5.41) is 0. The number of benzene rings is 1. The van der Waals surface area contributed by atoms with E-state index in [1.54, 1.807) is 38.3 Å². The molecule has 0 spiro atoms. The third kappa shape index (κ3) is 2.27. The van der Waals surface area contributed by atoms with Gasteiger partial charge in [0.1, 0.15) is 5.75 Å². The van der Waals surface area contributed by atoms with Gasteiger partial charge in [0.15, 0.2) is 5.78 Å². The van der Waals surface area contributed by atoms with E-state index in [9.17, 15) is 9.59 Å². The number of cyclic esters (lactones) is 1. The van der Waals surface area contributed by atoms with E-state index >= 15 is 0 Å². The second-order valence-electron chi connectivity index (χ2n) is 4.05. The number of carbonyl (C=O) groups is 2. The van der Waals surface area contributed by atoms with Crippen molar-refractivity contribution in [3.05, 3.63) is 41.0 Å². The third-order valence-electron chi connectivity index (χ3n) is 2.97. The molecule has 18 heavy (non-hydrogen) atoms. The molecule has 0 aliphatic carbocycles. The second-order valence-corrected chi connectivity index (χ2v) is 4.05. The molecule has 0 fully saturated rings. The van der Waals surface area contributed by atoms with Crippen LogP contribution in [-0.2, 0) is 9.53 Å². The van der Waals surface area contributed by atoms with E-state index in [1.165, 1.54) is 0 Å². The molecule has 0 amide bonds. The summed E-state index contributed by atoms with van der Waals surface area (Å²) in [4.78, 5) is 23.6. The van der Waals surface area contributed by atoms with E-state index < -0.39 is 5.97 Å². The van der Waals surface area contributed by atoms with E-state index in [0.717, 1.165) is 0 Å². The van der Waals surface area contributed by atoms with Crippen LogP contribution in [0.25, 0.3) is 0 Å². The summed E-state index contributed by atoms with van der Waals surface area (Å²) in [6, 6.07) is 6.84. The summed E-state index contributed by atoms with van der Waals surface area (Å²) in [6.45, 7) is 1.89. The Bertz CT molecular complexity index is 511. The lowest BCUT2D eigenvalue weighted by molar-refractivity contribution is -0.139. The van der Waals surface area contributed by atoms with Crippen LogP contribution in [-0.4, -0.2) is 25.5 Å².